The van der Waals surface area contributed by atoms with Crippen molar-refractivity contribution >= 4 is 17.4 Å². The van der Waals surface area contributed by atoms with Crippen LogP contribution in [0, 0.1) is 0 Å². The predicted octanol–water partition coefficient (Wildman–Crippen LogP) is 3.02. The van der Waals surface area contributed by atoms with Crippen LogP contribution in [0.25, 0.3) is 0 Å². The molecule has 2 nitrogen and oxygen atoms in total. The van der Waals surface area contributed by atoms with E-state index in [0.29, 0.717) is 12.2 Å². The lowest BCUT2D eigenvalue weighted by molar-refractivity contribution is 0.101. The van der Waals surface area contributed by atoms with E-state index >= 15 is 0 Å². The molecule has 0 bridgehead atoms. The summed E-state index contributed by atoms with van der Waals surface area (Å²) in [6, 6.07) is 7.00. The van der Waals surface area contributed by atoms with Crippen LogP contribution in [0.5, 0.6) is 5.75 Å². The lowest BCUT2D eigenvalue weighted by Gasteiger charge is -2.02. The Morgan fingerprint density at radius 1 is 1.43 bits per heavy atom. The minimum Gasteiger partial charge on any atom is -0.490 e. The van der Waals surface area contributed by atoms with Gasteiger partial charge < -0.3 is 4.74 Å². The van der Waals surface area contributed by atoms with Gasteiger partial charge in [-0.3, -0.25) is 4.79 Å². The molecule has 0 aliphatic heterocycles. The number of benzene rings is 1. The van der Waals surface area contributed by atoms with E-state index in [2.05, 4.69) is 0 Å². The molecule has 14 heavy (non-hydrogen) atoms. The molecule has 1 aromatic rings. The molecule has 1 aromatic carbocycles. The van der Waals surface area contributed by atoms with E-state index < -0.39 is 0 Å². The number of ether oxygens (including phenoxy) is 1. The third-order valence-corrected chi connectivity index (χ3v) is 1.87. The van der Waals surface area contributed by atoms with Crippen molar-refractivity contribution in [2.24, 2.45) is 0 Å². The van der Waals surface area contributed by atoms with Gasteiger partial charge in [-0.1, -0.05) is 11.6 Å². The van der Waals surface area contributed by atoms with Crippen LogP contribution in [0.3, 0.4) is 0 Å². The second kappa shape index (κ2) is 5.45. The molecular weight excluding hydrogens is 200 g/mol. The Morgan fingerprint density at radius 2 is 2.07 bits per heavy atom. The van der Waals surface area contributed by atoms with E-state index in [1.165, 1.54) is 12.5 Å². The molecule has 0 amide bonds. The zero-order chi connectivity index (χ0) is 10.4. The summed E-state index contributed by atoms with van der Waals surface area (Å²) in [5, 5.41) is 0. The molecule has 0 heterocycles. The van der Waals surface area contributed by atoms with Crippen LogP contribution in [0.2, 0.25) is 0 Å². The maximum absolute atomic E-state index is 10.9. The Balaban J connectivity index is 2.59. The van der Waals surface area contributed by atoms with Crippen LogP contribution >= 0.6 is 11.6 Å². The van der Waals surface area contributed by atoms with Crippen LogP contribution in [-0.2, 0) is 0 Å². The van der Waals surface area contributed by atoms with Gasteiger partial charge in [0.25, 0.3) is 0 Å². The van der Waals surface area contributed by atoms with Crippen LogP contribution < -0.4 is 4.74 Å². The summed E-state index contributed by atoms with van der Waals surface area (Å²) in [7, 11) is 0. The van der Waals surface area contributed by atoms with Crippen molar-refractivity contribution in [2.45, 2.75) is 6.92 Å². The largest absolute Gasteiger partial charge is 0.490 e. The summed E-state index contributed by atoms with van der Waals surface area (Å²) in [6.45, 7) is 1.97. The van der Waals surface area contributed by atoms with Gasteiger partial charge >= 0.3 is 0 Å². The van der Waals surface area contributed by atoms with E-state index in [0.717, 1.165) is 5.75 Å². The van der Waals surface area contributed by atoms with Crippen molar-refractivity contribution in [3.05, 3.63) is 41.4 Å². The first kappa shape index (κ1) is 10.8. The third kappa shape index (κ3) is 3.23. The number of halogens is 1. The monoisotopic (exact) mass is 210 g/mol. The average Bonchev–Trinajstić information content (AvgIpc) is 2.19. The summed E-state index contributed by atoms with van der Waals surface area (Å²) in [6.07, 6.45) is 1.69. The molecule has 1 rings (SSSR count). The van der Waals surface area contributed by atoms with Gasteiger partial charge in [-0.2, -0.15) is 0 Å². The number of hydrogen-bond acceptors (Lipinski definition) is 2. The normalized spacial score (nSPS) is 10.4. The smallest absolute Gasteiger partial charge is 0.159 e. The predicted molar refractivity (Wildman–Crippen MR) is 56.9 cm³/mol. The summed E-state index contributed by atoms with van der Waals surface area (Å²) >= 11 is 5.33. The number of Topliss-reactive ketones (excluding diaryl/α,β-unsaturated/α-hetero) is 1. The molecular formula is C11H11ClO2. The lowest BCUT2D eigenvalue weighted by Crippen LogP contribution is -1.95. The topological polar surface area (TPSA) is 26.3 Å². The summed E-state index contributed by atoms with van der Waals surface area (Å²) in [5.74, 6) is 0.780. The van der Waals surface area contributed by atoms with Crippen LogP contribution in [0.4, 0.5) is 0 Å². The Bertz CT molecular complexity index is 328. The fourth-order valence-corrected chi connectivity index (χ4v) is 1.04. The van der Waals surface area contributed by atoms with Crippen molar-refractivity contribution in [3.63, 3.8) is 0 Å². The van der Waals surface area contributed by atoms with Gasteiger partial charge in [0.2, 0.25) is 0 Å². The first-order valence-corrected chi connectivity index (χ1v) is 4.66. The highest BCUT2D eigenvalue weighted by Crippen LogP contribution is 2.12. The van der Waals surface area contributed by atoms with E-state index in [1.54, 1.807) is 30.3 Å². The van der Waals surface area contributed by atoms with Gasteiger partial charge in [0.15, 0.2) is 5.78 Å². The molecule has 0 unspecified atom stereocenters. The maximum Gasteiger partial charge on any atom is 0.159 e. The second-order valence-corrected chi connectivity index (χ2v) is 3.01. The number of hydrogen-bond donors (Lipinski definition) is 0. The Kier molecular flexibility index (Phi) is 4.20. The first-order valence-electron chi connectivity index (χ1n) is 4.23. The summed E-state index contributed by atoms with van der Waals surface area (Å²) in [5.41, 5.74) is 2.09. The number of ketones is 1. The molecule has 0 saturated heterocycles. The van der Waals surface area contributed by atoms with E-state index in [9.17, 15) is 4.79 Å². The Morgan fingerprint density at radius 3 is 2.57 bits per heavy atom. The zero-order valence-electron chi connectivity index (χ0n) is 7.87. The first-order chi connectivity index (χ1) is 6.74. The van der Waals surface area contributed by atoms with E-state index in [4.69, 9.17) is 16.3 Å². The maximum atomic E-state index is 10.9. The molecule has 0 fully saturated rings. The molecule has 0 radical (unpaired) electrons. The molecule has 3 heteroatoms. The summed E-state index contributed by atoms with van der Waals surface area (Å²) < 4.78 is 5.30. The van der Waals surface area contributed by atoms with Crippen LogP contribution in [-0.4, -0.2) is 12.4 Å². The van der Waals surface area contributed by atoms with Gasteiger partial charge in [0.05, 0.1) is 0 Å². The van der Waals surface area contributed by atoms with Gasteiger partial charge in [-0.25, -0.2) is 0 Å². The Labute approximate surface area is 88.1 Å². The lowest BCUT2D eigenvalue weighted by atomic mass is 10.1. The van der Waals surface area contributed by atoms with Gasteiger partial charge in [0, 0.05) is 11.1 Å². The van der Waals surface area contributed by atoms with Gasteiger partial charge in [0.1, 0.15) is 12.4 Å². The highest BCUT2D eigenvalue weighted by Gasteiger charge is 1.98. The third-order valence-electron chi connectivity index (χ3n) is 1.70. The van der Waals surface area contributed by atoms with Crippen molar-refractivity contribution < 1.29 is 9.53 Å². The molecule has 74 valence electrons. The molecule has 0 spiro atoms. The fraction of sp³-hybridized carbons (Fsp3) is 0.182. The quantitative estimate of drug-likeness (QED) is 0.715. The zero-order valence-corrected chi connectivity index (χ0v) is 8.62. The highest BCUT2D eigenvalue weighted by molar-refractivity contribution is 6.25. The molecule has 0 saturated carbocycles. The van der Waals surface area contributed by atoms with Crippen LogP contribution in [0.1, 0.15) is 17.3 Å². The highest BCUT2D eigenvalue weighted by atomic mass is 35.5. The van der Waals surface area contributed by atoms with Gasteiger partial charge in [-0.05, 0) is 37.3 Å². The second-order valence-electron chi connectivity index (χ2n) is 2.75. The molecule has 0 atom stereocenters. The molecule has 0 aromatic heterocycles. The van der Waals surface area contributed by atoms with Crippen molar-refractivity contribution in [3.8, 4) is 5.75 Å². The van der Waals surface area contributed by atoms with Gasteiger partial charge in [-0.15, -0.1) is 0 Å². The van der Waals surface area contributed by atoms with E-state index in [1.807, 2.05) is 0 Å². The van der Waals surface area contributed by atoms with E-state index in [-0.39, 0.29) is 5.78 Å². The fourth-order valence-electron chi connectivity index (χ4n) is 0.967. The molecule has 0 N–H and O–H groups in total. The van der Waals surface area contributed by atoms with Crippen molar-refractivity contribution in [1.82, 2.24) is 0 Å². The average molecular weight is 211 g/mol. The standard InChI is InChI=1S/C11H11ClO2/c1-9(13)10-3-5-11(6-4-10)14-8-2-7-12/h2-7H,8H2,1H3/b7-2+. The minimum atomic E-state index is 0.0530. The minimum absolute atomic E-state index is 0.0530. The van der Waals surface area contributed by atoms with Crippen molar-refractivity contribution in [1.29, 1.82) is 0 Å². The summed E-state index contributed by atoms with van der Waals surface area (Å²) in [4.78, 5) is 10.9. The SMILES string of the molecule is CC(=O)c1ccc(OC/C=C/Cl)cc1. The molecule has 0 aliphatic rings. The van der Waals surface area contributed by atoms with Crippen LogP contribution in [0.15, 0.2) is 35.9 Å². The van der Waals surface area contributed by atoms with Crippen molar-refractivity contribution in [2.75, 3.05) is 6.61 Å². The number of carbonyl (C=O) groups excluding carboxylic acids is 1. The number of rotatable bonds is 4. The molecule has 0 aliphatic carbocycles. The Hall–Kier alpha value is -1.28. The number of carbonyl (C=O) groups is 1.